The molecule has 0 unspecified atom stereocenters. The molecule has 1 amide bonds. The van der Waals surface area contributed by atoms with E-state index in [4.69, 9.17) is 4.42 Å². The summed E-state index contributed by atoms with van der Waals surface area (Å²) >= 11 is 0. The van der Waals surface area contributed by atoms with Gasteiger partial charge in [0.1, 0.15) is 5.82 Å². The summed E-state index contributed by atoms with van der Waals surface area (Å²) in [6, 6.07) is 15.7. The summed E-state index contributed by atoms with van der Waals surface area (Å²) in [4.78, 5) is 20.9. The fourth-order valence-electron chi connectivity index (χ4n) is 3.00. The zero-order valence-corrected chi connectivity index (χ0v) is 14.3. The molecule has 1 aliphatic rings. The normalized spacial score (nSPS) is 14.5. The predicted octanol–water partition coefficient (Wildman–Crippen LogP) is 2.02. The first-order valence-electron chi connectivity index (χ1n) is 8.61. The van der Waals surface area contributed by atoms with Crippen molar-refractivity contribution in [2.45, 2.75) is 6.42 Å². The molecule has 4 rings (SSSR count). The molecule has 0 saturated carbocycles. The van der Waals surface area contributed by atoms with Crippen molar-refractivity contribution in [2.24, 2.45) is 0 Å². The highest BCUT2D eigenvalue weighted by Crippen LogP contribution is 2.15. The summed E-state index contributed by atoms with van der Waals surface area (Å²) < 4.78 is 5.57. The number of anilines is 1. The van der Waals surface area contributed by atoms with Gasteiger partial charge in [0.15, 0.2) is 0 Å². The molecule has 3 heterocycles. The lowest BCUT2D eigenvalue weighted by Crippen LogP contribution is -2.49. The van der Waals surface area contributed by atoms with Gasteiger partial charge in [0.05, 0.1) is 6.42 Å². The maximum Gasteiger partial charge on any atom is 0.311 e. The minimum absolute atomic E-state index is 0.0576. The Balaban J connectivity index is 1.37. The summed E-state index contributed by atoms with van der Waals surface area (Å²) in [5.41, 5.74) is 1.07. The number of amides is 1. The number of hydrogen-bond donors (Lipinski definition) is 0. The van der Waals surface area contributed by atoms with Crippen LogP contribution in [0.25, 0.3) is 0 Å². The molecule has 1 aliphatic heterocycles. The maximum atomic E-state index is 12.6. The number of rotatable bonds is 4. The topological polar surface area (TPSA) is 75.4 Å². The molecule has 0 atom stereocenters. The van der Waals surface area contributed by atoms with Crippen LogP contribution in [0.1, 0.15) is 22.1 Å². The number of benzene rings is 1. The second kappa shape index (κ2) is 7.35. The summed E-state index contributed by atoms with van der Waals surface area (Å²) in [7, 11) is 0. The fraction of sp³-hybridized carbons (Fsp3) is 0.263. The van der Waals surface area contributed by atoms with Crippen molar-refractivity contribution in [3.63, 3.8) is 0 Å². The summed E-state index contributed by atoms with van der Waals surface area (Å²) in [6.07, 6.45) is 2.30. The first kappa shape index (κ1) is 16.3. The highest BCUT2D eigenvalue weighted by Gasteiger charge is 2.26. The zero-order valence-electron chi connectivity index (χ0n) is 14.3. The van der Waals surface area contributed by atoms with E-state index in [9.17, 15) is 4.79 Å². The van der Waals surface area contributed by atoms with Gasteiger partial charge in [-0.1, -0.05) is 36.4 Å². The van der Waals surface area contributed by atoms with Crippen LogP contribution in [0.3, 0.4) is 0 Å². The monoisotopic (exact) mass is 349 g/mol. The van der Waals surface area contributed by atoms with Gasteiger partial charge in [-0.15, -0.1) is 10.2 Å². The lowest BCUT2D eigenvalue weighted by Gasteiger charge is -2.34. The first-order valence-corrected chi connectivity index (χ1v) is 8.61. The molecule has 7 nitrogen and oxygen atoms in total. The molecule has 0 radical (unpaired) electrons. The SMILES string of the molecule is O=C(c1nnc(Cc2ccccc2)o1)N1CCN(c2ccccn2)CC1. The second-order valence-electron chi connectivity index (χ2n) is 6.13. The number of aromatic nitrogens is 3. The molecule has 132 valence electrons. The van der Waals surface area contributed by atoms with E-state index in [0.29, 0.717) is 25.4 Å². The Hall–Kier alpha value is -3.22. The van der Waals surface area contributed by atoms with Crippen molar-refractivity contribution >= 4 is 11.7 Å². The van der Waals surface area contributed by atoms with E-state index in [1.165, 1.54) is 0 Å². The van der Waals surface area contributed by atoms with E-state index in [-0.39, 0.29) is 11.8 Å². The molecule has 1 fully saturated rings. The highest BCUT2D eigenvalue weighted by molar-refractivity contribution is 5.89. The van der Waals surface area contributed by atoms with Crippen LogP contribution in [0.4, 0.5) is 5.82 Å². The van der Waals surface area contributed by atoms with Gasteiger partial charge in [0.2, 0.25) is 5.89 Å². The minimum Gasteiger partial charge on any atom is -0.417 e. The van der Waals surface area contributed by atoms with Crippen LogP contribution in [0.2, 0.25) is 0 Å². The minimum atomic E-state index is -0.211. The fourth-order valence-corrected chi connectivity index (χ4v) is 3.00. The zero-order chi connectivity index (χ0) is 17.8. The molecule has 2 aromatic heterocycles. The van der Waals surface area contributed by atoms with Crippen LogP contribution in [0, 0.1) is 0 Å². The average molecular weight is 349 g/mol. The van der Waals surface area contributed by atoms with Gasteiger partial charge < -0.3 is 14.2 Å². The Labute approximate surface area is 151 Å². The van der Waals surface area contributed by atoms with Crippen LogP contribution in [0.15, 0.2) is 59.1 Å². The van der Waals surface area contributed by atoms with E-state index in [2.05, 4.69) is 20.1 Å². The van der Waals surface area contributed by atoms with E-state index < -0.39 is 0 Å². The molecule has 0 spiro atoms. The lowest BCUT2D eigenvalue weighted by atomic mass is 10.2. The summed E-state index contributed by atoms with van der Waals surface area (Å²) in [5, 5.41) is 7.94. The van der Waals surface area contributed by atoms with Crippen molar-refractivity contribution in [3.05, 3.63) is 72.1 Å². The van der Waals surface area contributed by atoms with Crippen LogP contribution in [-0.4, -0.2) is 52.2 Å². The third kappa shape index (κ3) is 3.56. The van der Waals surface area contributed by atoms with Crippen molar-refractivity contribution < 1.29 is 9.21 Å². The van der Waals surface area contributed by atoms with Gasteiger partial charge in [0.25, 0.3) is 0 Å². The predicted molar refractivity (Wildman–Crippen MR) is 95.9 cm³/mol. The molecule has 0 N–H and O–H groups in total. The van der Waals surface area contributed by atoms with Crippen molar-refractivity contribution in [2.75, 3.05) is 31.1 Å². The number of carbonyl (C=O) groups is 1. The lowest BCUT2D eigenvalue weighted by molar-refractivity contribution is 0.0704. The van der Waals surface area contributed by atoms with Gasteiger partial charge in [-0.05, 0) is 17.7 Å². The Bertz CT molecular complexity index is 858. The molecule has 0 bridgehead atoms. The average Bonchev–Trinajstić information content (AvgIpc) is 3.17. The molecule has 7 heteroatoms. The molecule has 1 saturated heterocycles. The van der Waals surface area contributed by atoms with Gasteiger partial charge in [0, 0.05) is 32.4 Å². The summed E-state index contributed by atoms with van der Waals surface area (Å²) in [5.74, 6) is 1.23. The van der Waals surface area contributed by atoms with Crippen LogP contribution < -0.4 is 4.90 Å². The van der Waals surface area contributed by atoms with Gasteiger partial charge in [-0.25, -0.2) is 4.98 Å². The Kier molecular flexibility index (Phi) is 4.59. The Morgan fingerprint density at radius 1 is 0.962 bits per heavy atom. The second-order valence-corrected chi connectivity index (χ2v) is 6.13. The van der Waals surface area contributed by atoms with Crippen LogP contribution >= 0.6 is 0 Å². The van der Waals surface area contributed by atoms with Gasteiger partial charge in [-0.2, -0.15) is 0 Å². The number of nitrogens with zero attached hydrogens (tertiary/aromatic N) is 5. The molecular formula is C19H19N5O2. The largest absolute Gasteiger partial charge is 0.417 e. The number of piperazine rings is 1. The molecular weight excluding hydrogens is 330 g/mol. The Morgan fingerprint density at radius 2 is 1.73 bits per heavy atom. The van der Waals surface area contributed by atoms with Gasteiger partial charge >= 0.3 is 11.8 Å². The number of carbonyl (C=O) groups excluding carboxylic acids is 1. The smallest absolute Gasteiger partial charge is 0.311 e. The van der Waals surface area contributed by atoms with E-state index in [0.717, 1.165) is 24.5 Å². The number of pyridine rings is 1. The molecule has 26 heavy (non-hydrogen) atoms. The van der Waals surface area contributed by atoms with Crippen LogP contribution in [-0.2, 0) is 6.42 Å². The number of hydrogen-bond acceptors (Lipinski definition) is 6. The van der Waals surface area contributed by atoms with E-state index in [1.807, 2.05) is 48.5 Å². The van der Waals surface area contributed by atoms with E-state index in [1.54, 1.807) is 11.1 Å². The van der Waals surface area contributed by atoms with Crippen molar-refractivity contribution in [1.82, 2.24) is 20.1 Å². The van der Waals surface area contributed by atoms with Crippen molar-refractivity contribution in [1.29, 1.82) is 0 Å². The third-order valence-corrected chi connectivity index (χ3v) is 4.39. The summed E-state index contributed by atoms with van der Waals surface area (Å²) in [6.45, 7) is 2.67. The molecule has 1 aromatic carbocycles. The quantitative estimate of drug-likeness (QED) is 0.717. The van der Waals surface area contributed by atoms with Crippen LogP contribution in [0.5, 0.6) is 0 Å². The maximum absolute atomic E-state index is 12.6. The highest BCUT2D eigenvalue weighted by atomic mass is 16.4. The van der Waals surface area contributed by atoms with Gasteiger partial charge in [-0.3, -0.25) is 4.79 Å². The first-order chi connectivity index (χ1) is 12.8. The standard InChI is InChI=1S/C19H19N5O2/c25-19(18-22-21-17(26-18)14-15-6-2-1-3-7-15)24-12-10-23(11-13-24)16-8-4-5-9-20-16/h1-9H,10-14H2. The Morgan fingerprint density at radius 3 is 2.46 bits per heavy atom. The molecule has 3 aromatic rings. The van der Waals surface area contributed by atoms with E-state index >= 15 is 0 Å². The third-order valence-electron chi connectivity index (χ3n) is 4.39. The van der Waals surface area contributed by atoms with Crippen molar-refractivity contribution in [3.8, 4) is 0 Å². The molecule has 0 aliphatic carbocycles.